The van der Waals surface area contributed by atoms with E-state index in [1.54, 1.807) is 29.7 Å². The second-order valence-electron chi connectivity index (χ2n) is 7.18. The molecule has 0 bridgehead atoms. The Labute approximate surface area is 176 Å². The molecule has 2 aromatic heterocycles. The van der Waals surface area contributed by atoms with Crippen molar-refractivity contribution in [3.63, 3.8) is 0 Å². The Kier molecular flexibility index (Phi) is 4.76. The Morgan fingerprint density at radius 1 is 1.10 bits per heavy atom. The molecule has 0 saturated carbocycles. The van der Waals surface area contributed by atoms with Gasteiger partial charge in [0.15, 0.2) is 4.96 Å². The van der Waals surface area contributed by atoms with Crippen molar-refractivity contribution in [2.24, 2.45) is 5.10 Å². The van der Waals surface area contributed by atoms with Gasteiger partial charge in [0.05, 0.1) is 28.2 Å². The number of anilines is 1. The minimum atomic E-state index is -0.415. The molecule has 1 aliphatic rings. The molecule has 0 saturated heterocycles. The second-order valence-corrected chi connectivity index (χ2v) is 8.24. The van der Waals surface area contributed by atoms with E-state index < -0.39 is 4.92 Å². The number of non-ortho nitro benzene ring substituents is 1. The summed E-state index contributed by atoms with van der Waals surface area (Å²) in [6.45, 7) is 0. The topological polar surface area (TPSA) is 84.8 Å². The number of aryl methyl sites for hydroxylation is 2. The molecule has 0 spiro atoms. The number of benzene rings is 2. The van der Waals surface area contributed by atoms with E-state index in [1.807, 2.05) is 18.2 Å². The monoisotopic (exact) mass is 417 g/mol. The van der Waals surface area contributed by atoms with Crippen molar-refractivity contribution in [2.75, 3.05) is 5.43 Å². The summed E-state index contributed by atoms with van der Waals surface area (Å²) in [5, 5.41) is 15.2. The van der Waals surface area contributed by atoms with Gasteiger partial charge in [-0.1, -0.05) is 30.3 Å². The number of hydrazone groups is 1. The van der Waals surface area contributed by atoms with Crippen LogP contribution < -0.4 is 5.43 Å². The third-order valence-electron chi connectivity index (χ3n) is 5.26. The average molecular weight is 417 g/mol. The Morgan fingerprint density at radius 2 is 1.87 bits per heavy atom. The minimum absolute atomic E-state index is 0.0540. The van der Waals surface area contributed by atoms with Crippen molar-refractivity contribution in [1.82, 2.24) is 9.38 Å². The lowest BCUT2D eigenvalue weighted by atomic mass is 10.0. The van der Waals surface area contributed by atoms with Crippen molar-refractivity contribution < 1.29 is 4.92 Å². The molecule has 1 N–H and O–H groups in total. The summed E-state index contributed by atoms with van der Waals surface area (Å²) in [6.07, 6.45) is 6.38. The van der Waals surface area contributed by atoms with Gasteiger partial charge in [-0.15, -0.1) is 11.3 Å². The van der Waals surface area contributed by atoms with Gasteiger partial charge >= 0.3 is 0 Å². The Hall–Kier alpha value is -3.52. The number of rotatable bonds is 5. The quantitative estimate of drug-likeness (QED) is 0.271. The first-order valence-electron chi connectivity index (χ1n) is 9.82. The van der Waals surface area contributed by atoms with Gasteiger partial charge < -0.3 is 0 Å². The molecule has 2 aromatic carbocycles. The van der Waals surface area contributed by atoms with Crippen molar-refractivity contribution in [3.8, 4) is 11.3 Å². The SMILES string of the molecule is O=[N+]([O-])c1ccc(N/N=C/c2c(-c3ccccc3)nc3sc4c(n23)CCCC4)cc1. The third kappa shape index (κ3) is 3.35. The number of thiazole rings is 1. The number of hydrogen-bond donors (Lipinski definition) is 1. The molecular weight excluding hydrogens is 398 g/mol. The second kappa shape index (κ2) is 7.72. The van der Waals surface area contributed by atoms with Gasteiger partial charge in [-0.3, -0.25) is 19.9 Å². The molecule has 5 rings (SSSR count). The Balaban J connectivity index is 1.53. The van der Waals surface area contributed by atoms with E-state index in [9.17, 15) is 10.1 Å². The van der Waals surface area contributed by atoms with E-state index in [4.69, 9.17) is 4.98 Å². The average Bonchev–Trinajstić information content (AvgIpc) is 3.31. The molecule has 0 amide bonds. The molecule has 0 atom stereocenters. The summed E-state index contributed by atoms with van der Waals surface area (Å²) in [6, 6.07) is 16.3. The minimum Gasteiger partial charge on any atom is -0.285 e. The van der Waals surface area contributed by atoms with Gasteiger partial charge in [-0.2, -0.15) is 5.10 Å². The maximum atomic E-state index is 10.8. The van der Waals surface area contributed by atoms with Gasteiger partial charge in [0.2, 0.25) is 0 Å². The molecule has 0 unspecified atom stereocenters. The van der Waals surface area contributed by atoms with Crippen LogP contribution in [0, 0.1) is 10.1 Å². The first-order valence-corrected chi connectivity index (χ1v) is 10.6. The van der Waals surface area contributed by atoms with Crippen LogP contribution in [0.5, 0.6) is 0 Å². The third-order valence-corrected chi connectivity index (χ3v) is 6.40. The van der Waals surface area contributed by atoms with Crippen molar-refractivity contribution in [3.05, 3.63) is 81.0 Å². The summed E-state index contributed by atoms with van der Waals surface area (Å²) in [7, 11) is 0. The lowest BCUT2D eigenvalue weighted by Gasteiger charge is -2.11. The van der Waals surface area contributed by atoms with Crippen LogP contribution in [0.4, 0.5) is 11.4 Å². The molecule has 0 radical (unpaired) electrons. The molecule has 0 aliphatic heterocycles. The van der Waals surface area contributed by atoms with Crippen LogP contribution in [-0.4, -0.2) is 20.5 Å². The molecule has 8 heteroatoms. The highest BCUT2D eigenvalue weighted by Gasteiger charge is 2.22. The summed E-state index contributed by atoms with van der Waals surface area (Å²) in [5.74, 6) is 0. The molecule has 2 heterocycles. The zero-order valence-corrected chi connectivity index (χ0v) is 16.9. The molecule has 30 heavy (non-hydrogen) atoms. The van der Waals surface area contributed by atoms with Crippen LogP contribution in [0.2, 0.25) is 0 Å². The summed E-state index contributed by atoms with van der Waals surface area (Å²) >= 11 is 1.77. The van der Waals surface area contributed by atoms with Crippen LogP contribution in [0.3, 0.4) is 0 Å². The van der Waals surface area contributed by atoms with E-state index in [0.29, 0.717) is 5.69 Å². The highest BCUT2D eigenvalue weighted by molar-refractivity contribution is 7.17. The molecule has 150 valence electrons. The van der Waals surface area contributed by atoms with Crippen LogP contribution in [-0.2, 0) is 12.8 Å². The van der Waals surface area contributed by atoms with Crippen LogP contribution in [0.15, 0.2) is 59.7 Å². The van der Waals surface area contributed by atoms with Gasteiger partial charge in [0.25, 0.3) is 5.69 Å². The fourth-order valence-corrected chi connectivity index (χ4v) is 5.03. The Bertz CT molecular complexity index is 1240. The standard InChI is InChI=1S/C22H19N5O2S/c28-27(29)17-12-10-16(11-13-17)25-23-14-19-21(15-6-2-1-3-7-15)24-22-26(19)18-8-4-5-9-20(18)30-22/h1-3,6-7,10-14,25H,4-5,8-9H2/b23-14+. The highest BCUT2D eigenvalue weighted by Crippen LogP contribution is 2.34. The first kappa shape index (κ1) is 18.5. The first-order chi connectivity index (χ1) is 14.7. The molecule has 7 nitrogen and oxygen atoms in total. The number of hydrogen-bond acceptors (Lipinski definition) is 6. The zero-order chi connectivity index (χ0) is 20.5. The fraction of sp³-hybridized carbons (Fsp3) is 0.182. The summed E-state index contributed by atoms with van der Waals surface area (Å²) in [5.41, 5.74) is 7.96. The number of imidazole rings is 1. The van der Waals surface area contributed by atoms with Crippen molar-refractivity contribution >= 4 is 33.9 Å². The van der Waals surface area contributed by atoms with Gasteiger partial charge in [0.1, 0.15) is 0 Å². The smallest absolute Gasteiger partial charge is 0.269 e. The van der Waals surface area contributed by atoms with E-state index in [-0.39, 0.29) is 5.69 Å². The largest absolute Gasteiger partial charge is 0.285 e. The predicted octanol–water partition coefficient (Wildman–Crippen LogP) is 5.30. The maximum Gasteiger partial charge on any atom is 0.269 e. The fourth-order valence-electron chi connectivity index (χ4n) is 3.81. The van der Waals surface area contributed by atoms with Gasteiger partial charge in [-0.05, 0) is 37.8 Å². The zero-order valence-electron chi connectivity index (χ0n) is 16.1. The summed E-state index contributed by atoms with van der Waals surface area (Å²) < 4.78 is 2.24. The lowest BCUT2D eigenvalue weighted by Crippen LogP contribution is -2.05. The molecule has 4 aromatic rings. The normalized spacial score (nSPS) is 13.6. The number of fused-ring (bicyclic) bond motifs is 3. The number of aromatic nitrogens is 2. The molecule has 1 aliphatic carbocycles. The predicted molar refractivity (Wildman–Crippen MR) is 119 cm³/mol. The van der Waals surface area contributed by atoms with Crippen molar-refractivity contribution in [1.29, 1.82) is 0 Å². The Morgan fingerprint density at radius 3 is 2.63 bits per heavy atom. The van der Waals surface area contributed by atoms with Crippen molar-refractivity contribution in [2.45, 2.75) is 25.7 Å². The van der Waals surface area contributed by atoms with E-state index in [2.05, 4.69) is 27.1 Å². The summed E-state index contributed by atoms with van der Waals surface area (Å²) in [4.78, 5) is 17.8. The van der Waals surface area contributed by atoms with E-state index in [0.717, 1.165) is 34.8 Å². The van der Waals surface area contributed by atoms with Crippen LogP contribution in [0.25, 0.3) is 16.2 Å². The maximum absolute atomic E-state index is 10.8. The van der Waals surface area contributed by atoms with Gasteiger partial charge in [-0.25, -0.2) is 4.98 Å². The van der Waals surface area contributed by atoms with Gasteiger partial charge in [0, 0.05) is 28.3 Å². The van der Waals surface area contributed by atoms with E-state index in [1.165, 1.54) is 35.5 Å². The number of nitro benzene ring substituents is 1. The highest BCUT2D eigenvalue weighted by atomic mass is 32.1. The number of nitrogens with zero attached hydrogens (tertiary/aromatic N) is 4. The molecular formula is C22H19N5O2S. The van der Waals surface area contributed by atoms with Crippen LogP contribution >= 0.6 is 11.3 Å². The lowest BCUT2D eigenvalue weighted by molar-refractivity contribution is -0.384. The number of nitro groups is 1. The molecule has 0 fully saturated rings. The van der Waals surface area contributed by atoms with Crippen LogP contribution in [0.1, 0.15) is 29.1 Å². The number of nitrogens with one attached hydrogen (secondary N) is 1. The van der Waals surface area contributed by atoms with E-state index >= 15 is 0 Å².